The van der Waals surface area contributed by atoms with Crippen LogP contribution in [0, 0.1) is 0 Å². The summed E-state index contributed by atoms with van der Waals surface area (Å²) in [7, 11) is 0. The van der Waals surface area contributed by atoms with Crippen LogP contribution in [0.3, 0.4) is 0 Å². The van der Waals surface area contributed by atoms with Crippen molar-refractivity contribution in [2.75, 3.05) is 5.32 Å². The molecule has 1 aliphatic heterocycles. The molecular formula is C9H8N4. The number of benzene rings is 1. The number of para-hydroxylation sites is 1. The maximum absolute atomic E-state index is 4.00. The molecule has 1 aromatic carbocycles. The predicted octanol–water partition coefficient (Wildman–Crippen LogP) is 1.19. The molecule has 3 rings (SSSR count). The van der Waals surface area contributed by atoms with Crippen molar-refractivity contribution in [3.05, 3.63) is 36.0 Å². The SMILES string of the molecule is c1ccc2c(c1)CNc1cnnn1-2. The molecule has 2 aromatic rings. The summed E-state index contributed by atoms with van der Waals surface area (Å²) in [6.07, 6.45) is 1.73. The van der Waals surface area contributed by atoms with Crippen molar-refractivity contribution >= 4 is 5.82 Å². The topological polar surface area (TPSA) is 42.7 Å². The van der Waals surface area contributed by atoms with E-state index in [4.69, 9.17) is 0 Å². The first-order chi connectivity index (χ1) is 6.45. The Kier molecular flexibility index (Phi) is 1.19. The fourth-order valence-corrected chi connectivity index (χ4v) is 1.59. The molecule has 1 N–H and O–H groups in total. The third-order valence-electron chi connectivity index (χ3n) is 2.23. The van der Waals surface area contributed by atoms with Crippen LogP contribution in [0.5, 0.6) is 0 Å². The quantitative estimate of drug-likeness (QED) is 0.649. The second-order valence-electron chi connectivity index (χ2n) is 3.01. The van der Waals surface area contributed by atoms with Crippen LogP contribution in [0.2, 0.25) is 0 Å². The maximum atomic E-state index is 4.00. The summed E-state index contributed by atoms with van der Waals surface area (Å²) >= 11 is 0. The van der Waals surface area contributed by atoms with Crippen LogP contribution < -0.4 is 5.32 Å². The van der Waals surface area contributed by atoms with Gasteiger partial charge < -0.3 is 5.32 Å². The van der Waals surface area contributed by atoms with Gasteiger partial charge in [-0.05, 0) is 11.6 Å². The van der Waals surface area contributed by atoms with Gasteiger partial charge in [0.05, 0.1) is 11.9 Å². The fourth-order valence-electron chi connectivity index (χ4n) is 1.59. The molecule has 4 nitrogen and oxygen atoms in total. The number of hydrogen-bond acceptors (Lipinski definition) is 3. The van der Waals surface area contributed by atoms with Crippen molar-refractivity contribution in [3.63, 3.8) is 0 Å². The van der Waals surface area contributed by atoms with Crippen molar-refractivity contribution in [3.8, 4) is 5.69 Å². The predicted molar refractivity (Wildman–Crippen MR) is 48.7 cm³/mol. The molecule has 0 amide bonds. The van der Waals surface area contributed by atoms with Crippen molar-refractivity contribution in [1.82, 2.24) is 15.0 Å². The lowest BCUT2D eigenvalue weighted by Crippen LogP contribution is -2.15. The van der Waals surface area contributed by atoms with E-state index in [1.165, 1.54) is 5.56 Å². The molecule has 0 aliphatic carbocycles. The number of aromatic nitrogens is 3. The van der Waals surface area contributed by atoms with Crippen molar-refractivity contribution < 1.29 is 0 Å². The molecule has 0 radical (unpaired) electrons. The number of rotatable bonds is 0. The lowest BCUT2D eigenvalue weighted by Gasteiger charge is -2.17. The van der Waals surface area contributed by atoms with Gasteiger partial charge in [0.25, 0.3) is 0 Å². The average Bonchev–Trinajstić information content (AvgIpc) is 2.65. The van der Waals surface area contributed by atoms with Crippen molar-refractivity contribution in [2.45, 2.75) is 6.54 Å². The Morgan fingerprint density at radius 3 is 3.23 bits per heavy atom. The van der Waals surface area contributed by atoms with Gasteiger partial charge in [0.1, 0.15) is 0 Å². The first-order valence-electron chi connectivity index (χ1n) is 4.18. The van der Waals surface area contributed by atoms with Gasteiger partial charge in [0, 0.05) is 6.54 Å². The highest BCUT2D eigenvalue weighted by molar-refractivity contribution is 5.52. The van der Waals surface area contributed by atoms with E-state index >= 15 is 0 Å². The van der Waals surface area contributed by atoms with Crippen LogP contribution >= 0.6 is 0 Å². The molecule has 0 fully saturated rings. The molecule has 0 unspecified atom stereocenters. The second kappa shape index (κ2) is 2.32. The minimum atomic E-state index is 0.851. The van der Waals surface area contributed by atoms with Crippen LogP contribution in [0.1, 0.15) is 5.56 Å². The summed E-state index contributed by atoms with van der Waals surface area (Å²) in [5.41, 5.74) is 2.37. The zero-order valence-corrected chi connectivity index (χ0v) is 6.94. The Labute approximate surface area is 75.2 Å². The number of nitrogens with zero attached hydrogens (tertiary/aromatic N) is 3. The summed E-state index contributed by atoms with van der Waals surface area (Å²) in [6.45, 7) is 0.851. The second-order valence-corrected chi connectivity index (χ2v) is 3.01. The van der Waals surface area contributed by atoms with Crippen molar-refractivity contribution in [1.29, 1.82) is 0 Å². The van der Waals surface area contributed by atoms with Gasteiger partial charge in [-0.15, -0.1) is 5.10 Å². The first kappa shape index (κ1) is 6.65. The molecule has 0 bridgehead atoms. The Morgan fingerprint density at radius 2 is 2.23 bits per heavy atom. The number of nitrogens with one attached hydrogen (secondary N) is 1. The molecular weight excluding hydrogens is 164 g/mol. The van der Waals surface area contributed by atoms with Gasteiger partial charge in [-0.25, -0.2) is 0 Å². The smallest absolute Gasteiger partial charge is 0.150 e. The Morgan fingerprint density at radius 1 is 1.31 bits per heavy atom. The molecule has 1 aromatic heterocycles. The standard InChI is InChI=1S/C9H8N4/c1-2-4-8-7(3-1)5-10-9-6-11-12-13(8)9/h1-4,6,10H,5H2. The minimum Gasteiger partial charge on any atom is -0.364 e. The maximum Gasteiger partial charge on any atom is 0.150 e. The van der Waals surface area contributed by atoms with E-state index < -0.39 is 0 Å². The normalized spacial score (nSPS) is 12.9. The molecule has 0 saturated heterocycles. The van der Waals surface area contributed by atoms with Gasteiger partial charge in [-0.3, -0.25) is 0 Å². The summed E-state index contributed by atoms with van der Waals surface area (Å²) < 4.78 is 1.82. The van der Waals surface area contributed by atoms with Crippen LogP contribution in [-0.4, -0.2) is 15.0 Å². The Bertz CT molecular complexity index is 446. The molecule has 13 heavy (non-hydrogen) atoms. The van der Waals surface area contributed by atoms with Gasteiger partial charge in [0.15, 0.2) is 5.82 Å². The van der Waals surface area contributed by atoms with E-state index in [9.17, 15) is 0 Å². The van der Waals surface area contributed by atoms with Crippen molar-refractivity contribution in [2.24, 2.45) is 0 Å². The lowest BCUT2D eigenvalue weighted by atomic mass is 10.1. The third-order valence-corrected chi connectivity index (χ3v) is 2.23. The highest BCUT2D eigenvalue weighted by atomic mass is 15.5. The lowest BCUT2D eigenvalue weighted by molar-refractivity contribution is 0.778. The zero-order chi connectivity index (χ0) is 8.67. The highest BCUT2D eigenvalue weighted by Crippen LogP contribution is 2.23. The van der Waals surface area contributed by atoms with Gasteiger partial charge in [-0.1, -0.05) is 23.4 Å². The molecule has 2 heterocycles. The minimum absolute atomic E-state index is 0.851. The third kappa shape index (κ3) is 0.853. The molecule has 4 heteroatoms. The molecule has 0 atom stereocenters. The van der Waals surface area contributed by atoms with Gasteiger partial charge in [-0.2, -0.15) is 4.68 Å². The van der Waals surface area contributed by atoms with E-state index in [-0.39, 0.29) is 0 Å². The number of fused-ring (bicyclic) bond motifs is 3. The van der Waals surface area contributed by atoms with E-state index in [0.29, 0.717) is 0 Å². The zero-order valence-electron chi connectivity index (χ0n) is 6.94. The number of hydrogen-bond donors (Lipinski definition) is 1. The molecule has 0 saturated carbocycles. The molecule has 64 valence electrons. The molecule has 1 aliphatic rings. The molecule has 0 spiro atoms. The summed E-state index contributed by atoms with van der Waals surface area (Å²) in [6, 6.07) is 8.18. The van der Waals surface area contributed by atoms with Crippen LogP contribution in [0.4, 0.5) is 5.82 Å². The van der Waals surface area contributed by atoms with E-state index in [2.05, 4.69) is 21.7 Å². The Balaban J connectivity index is 2.30. The van der Waals surface area contributed by atoms with Crippen LogP contribution in [0.15, 0.2) is 30.5 Å². The van der Waals surface area contributed by atoms with Gasteiger partial charge >= 0.3 is 0 Å². The highest BCUT2D eigenvalue weighted by Gasteiger charge is 2.14. The summed E-state index contributed by atoms with van der Waals surface area (Å²) in [5, 5.41) is 11.1. The van der Waals surface area contributed by atoms with E-state index in [1.54, 1.807) is 6.20 Å². The summed E-state index contributed by atoms with van der Waals surface area (Å²) in [5.74, 6) is 0.957. The first-order valence-corrected chi connectivity index (χ1v) is 4.18. The number of anilines is 1. The average molecular weight is 172 g/mol. The van der Waals surface area contributed by atoms with Crippen LogP contribution in [-0.2, 0) is 6.54 Å². The largest absolute Gasteiger partial charge is 0.364 e. The Hall–Kier alpha value is -1.84. The van der Waals surface area contributed by atoms with E-state index in [0.717, 1.165) is 18.1 Å². The van der Waals surface area contributed by atoms with Gasteiger partial charge in [0.2, 0.25) is 0 Å². The van der Waals surface area contributed by atoms with E-state index in [1.807, 2.05) is 22.9 Å². The summed E-state index contributed by atoms with van der Waals surface area (Å²) in [4.78, 5) is 0. The monoisotopic (exact) mass is 172 g/mol. The van der Waals surface area contributed by atoms with Crippen LogP contribution in [0.25, 0.3) is 5.69 Å². The fraction of sp³-hybridized carbons (Fsp3) is 0.111.